The second-order valence-corrected chi connectivity index (χ2v) is 2.69. The second kappa shape index (κ2) is 3.37. The van der Waals surface area contributed by atoms with Gasteiger partial charge >= 0.3 is 6.09 Å². The number of Topliss-reactive ketones (excluding diaryl/α,β-unsaturated/α-hetero) is 1. The minimum Gasteiger partial charge on any atom is -0.453 e. The number of hydrogen-bond donors (Lipinski definition) is 1. The van der Waals surface area contributed by atoms with Gasteiger partial charge in [-0.2, -0.15) is 0 Å². The Balaban J connectivity index is 2.04. The monoisotopic (exact) mass is 157 g/mol. The quantitative estimate of drug-likeness (QED) is 0.628. The Kier molecular flexibility index (Phi) is 2.46. The molecule has 0 aromatic carbocycles. The lowest BCUT2D eigenvalue weighted by molar-refractivity contribution is -0.126. The van der Waals surface area contributed by atoms with Crippen LogP contribution in [-0.2, 0) is 9.53 Å². The van der Waals surface area contributed by atoms with E-state index in [1.807, 2.05) is 0 Å². The molecule has 1 rings (SSSR count). The van der Waals surface area contributed by atoms with Crippen LogP contribution < -0.4 is 5.32 Å². The summed E-state index contributed by atoms with van der Waals surface area (Å²) in [6.45, 7) is 0.554. The third kappa shape index (κ3) is 2.22. The first kappa shape index (κ1) is 8.04. The van der Waals surface area contributed by atoms with Gasteiger partial charge in [0, 0.05) is 19.4 Å². The molecule has 1 saturated carbocycles. The first-order chi connectivity index (χ1) is 5.22. The van der Waals surface area contributed by atoms with Crippen molar-refractivity contribution < 1.29 is 14.3 Å². The summed E-state index contributed by atoms with van der Waals surface area (Å²) in [5.41, 5.74) is 0. The lowest BCUT2D eigenvalue weighted by atomic mass is 9.84. The van der Waals surface area contributed by atoms with Gasteiger partial charge in [-0.1, -0.05) is 0 Å². The highest BCUT2D eigenvalue weighted by atomic mass is 16.5. The van der Waals surface area contributed by atoms with Crippen LogP contribution in [0.1, 0.15) is 12.8 Å². The zero-order valence-electron chi connectivity index (χ0n) is 6.42. The third-order valence-electron chi connectivity index (χ3n) is 1.75. The smallest absolute Gasteiger partial charge is 0.406 e. The topological polar surface area (TPSA) is 55.4 Å². The van der Waals surface area contributed by atoms with E-state index in [0.29, 0.717) is 25.3 Å². The molecule has 0 heterocycles. The predicted octanol–water partition coefficient (Wildman–Crippen LogP) is 0.321. The lowest BCUT2D eigenvalue weighted by Gasteiger charge is -2.23. The maximum atomic E-state index is 10.5. The van der Waals surface area contributed by atoms with Crippen molar-refractivity contribution in [1.82, 2.24) is 5.32 Å². The normalized spacial score (nSPS) is 17.4. The molecule has 0 aromatic heterocycles. The number of nitrogens with one attached hydrogen (secondary N) is 1. The number of alkyl carbamates (subject to hydrolysis) is 1. The Morgan fingerprint density at radius 3 is 2.82 bits per heavy atom. The van der Waals surface area contributed by atoms with Gasteiger partial charge in [0.15, 0.2) is 0 Å². The average Bonchev–Trinajstić information content (AvgIpc) is 1.95. The molecule has 0 radical (unpaired) electrons. The Morgan fingerprint density at radius 2 is 2.36 bits per heavy atom. The number of ether oxygens (including phenoxy) is 1. The van der Waals surface area contributed by atoms with Crippen molar-refractivity contribution in [3.63, 3.8) is 0 Å². The number of hydrogen-bond acceptors (Lipinski definition) is 3. The summed E-state index contributed by atoms with van der Waals surface area (Å²) in [6.07, 6.45) is 0.776. The summed E-state index contributed by atoms with van der Waals surface area (Å²) in [4.78, 5) is 21.0. The number of rotatable bonds is 2. The molecule has 62 valence electrons. The summed E-state index contributed by atoms with van der Waals surface area (Å²) >= 11 is 0. The third-order valence-corrected chi connectivity index (χ3v) is 1.75. The van der Waals surface area contributed by atoms with Gasteiger partial charge in [0.05, 0.1) is 7.11 Å². The van der Waals surface area contributed by atoms with Gasteiger partial charge in [-0.05, 0) is 5.92 Å². The van der Waals surface area contributed by atoms with Crippen LogP contribution in [0.2, 0.25) is 0 Å². The standard InChI is InChI=1S/C7H11NO3/c1-11-7(10)8-4-5-2-6(9)3-5/h5H,2-4H2,1H3,(H,8,10). The minimum atomic E-state index is -0.427. The fraction of sp³-hybridized carbons (Fsp3) is 0.714. The molecule has 1 fully saturated rings. The largest absolute Gasteiger partial charge is 0.453 e. The minimum absolute atomic E-state index is 0.279. The molecular weight excluding hydrogens is 146 g/mol. The summed E-state index contributed by atoms with van der Waals surface area (Å²) in [7, 11) is 1.32. The van der Waals surface area contributed by atoms with Crippen LogP contribution in [0.3, 0.4) is 0 Å². The molecule has 0 saturated heterocycles. The number of methoxy groups -OCH3 is 1. The molecule has 1 aliphatic carbocycles. The van der Waals surface area contributed by atoms with Crippen molar-refractivity contribution >= 4 is 11.9 Å². The fourth-order valence-corrected chi connectivity index (χ4v) is 1.03. The number of amides is 1. The van der Waals surface area contributed by atoms with Crippen LogP contribution in [-0.4, -0.2) is 25.5 Å². The summed E-state index contributed by atoms with van der Waals surface area (Å²) < 4.78 is 4.36. The van der Waals surface area contributed by atoms with Crippen molar-refractivity contribution in [3.05, 3.63) is 0 Å². The van der Waals surface area contributed by atoms with Gasteiger partial charge in [0.25, 0.3) is 0 Å². The van der Waals surface area contributed by atoms with E-state index in [4.69, 9.17) is 0 Å². The van der Waals surface area contributed by atoms with Crippen LogP contribution in [0.25, 0.3) is 0 Å². The average molecular weight is 157 g/mol. The molecular formula is C7H11NO3. The molecule has 1 aliphatic rings. The molecule has 4 nitrogen and oxygen atoms in total. The maximum absolute atomic E-state index is 10.5. The van der Waals surface area contributed by atoms with E-state index >= 15 is 0 Å². The molecule has 0 atom stereocenters. The first-order valence-corrected chi connectivity index (χ1v) is 3.56. The SMILES string of the molecule is COC(=O)NCC1CC(=O)C1. The molecule has 11 heavy (non-hydrogen) atoms. The van der Waals surface area contributed by atoms with Crippen LogP contribution in [0.15, 0.2) is 0 Å². The molecule has 0 unspecified atom stereocenters. The maximum Gasteiger partial charge on any atom is 0.406 e. The lowest BCUT2D eigenvalue weighted by Crippen LogP contribution is -2.36. The molecule has 0 bridgehead atoms. The zero-order chi connectivity index (χ0) is 8.27. The second-order valence-electron chi connectivity index (χ2n) is 2.69. The molecule has 1 N–H and O–H groups in total. The summed E-state index contributed by atoms with van der Waals surface area (Å²) in [5, 5.41) is 2.54. The Hall–Kier alpha value is -1.06. The van der Waals surface area contributed by atoms with E-state index < -0.39 is 6.09 Å². The molecule has 1 amide bonds. The van der Waals surface area contributed by atoms with E-state index in [2.05, 4.69) is 10.1 Å². The van der Waals surface area contributed by atoms with Crippen molar-refractivity contribution in [3.8, 4) is 0 Å². The highest BCUT2D eigenvalue weighted by molar-refractivity contribution is 5.84. The molecule has 4 heteroatoms. The Labute approximate surface area is 64.9 Å². The van der Waals surface area contributed by atoms with Gasteiger partial charge in [0.1, 0.15) is 5.78 Å². The highest BCUT2D eigenvalue weighted by Crippen LogP contribution is 2.21. The molecule has 0 aromatic rings. The van der Waals surface area contributed by atoms with Crippen LogP contribution >= 0.6 is 0 Å². The van der Waals surface area contributed by atoms with E-state index in [0.717, 1.165) is 0 Å². The van der Waals surface area contributed by atoms with Gasteiger partial charge in [-0.15, -0.1) is 0 Å². The van der Waals surface area contributed by atoms with Crippen molar-refractivity contribution in [1.29, 1.82) is 0 Å². The Morgan fingerprint density at radius 1 is 1.73 bits per heavy atom. The number of carbonyl (C=O) groups excluding carboxylic acids is 2. The first-order valence-electron chi connectivity index (χ1n) is 3.56. The molecule has 0 spiro atoms. The van der Waals surface area contributed by atoms with Crippen LogP contribution in [0.4, 0.5) is 4.79 Å². The van der Waals surface area contributed by atoms with E-state index in [1.54, 1.807) is 0 Å². The number of carbonyl (C=O) groups is 2. The van der Waals surface area contributed by atoms with E-state index in [-0.39, 0.29) is 5.78 Å². The summed E-state index contributed by atoms with van der Waals surface area (Å²) in [6, 6.07) is 0. The van der Waals surface area contributed by atoms with Crippen molar-refractivity contribution in [2.24, 2.45) is 5.92 Å². The van der Waals surface area contributed by atoms with Gasteiger partial charge in [-0.3, -0.25) is 4.79 Å². The van der Waals surface area contributed by atoms with Crippen LogP contribution in [0, 0.1) is 5.92 Å². The van der Waals surface area contributed by atoms with Crippen LogP contribution in [0.5, 0.6) is 0 Å². The van der Waals surface area contributed by atoms with Gasteiger partial charge in [-0.25, -0.2) is 4.79 Å². The van der Waals surface area contributed by atoms with Crippen molar-refractivity contribution in [2.45, 2.75) is 12.8 Å². The molecule has 0 aliphatic heterocycles. The zero-order valence-corrected chi connectivity index (χ0v) is 6.42. The predicted molar refractivity (Wildman–Crippen MR) is 38.1 cm³/mol. The van der Waals surface area contributed by atoms with E-state index in [9.17, 15) is 9.59 Å². The van der Waals surface area contributed by atoms with Crippen molar-refractivity contribution in [2.75, 3.05) is 13.7 Å². The van der Waals surface area contributed by atoms with E-state index in [1.165, 1.54) is 7.11 Å². The fourth-order valence-electron chi connectivity index (χ4n) is 1.03. The summed E-state index contributed by atoms with van der Waals surface area (Å²) in [5.74, 6) is 0.614. The number of ketones is 1. The Bertz CT molecular complexity index is 171. The van der Waals surface area contributed by atoms with Gasteiger partial charge in [0.2, 0.25) is 0 Å². The highest BCUT2D eigenvalue weighted by Gasteiger charge is 2.26. The van der Waals surface area contributed by atoms with Gasteiger partial charge < -0.3 is 10.1 Å².